The topological polar surface area (TPSA) is 59.9 Å². The van der Waals surface area contributed by atoms with Crippen LogP contribution in [-0.4, -0.2) is 29.4 Å². The van der Waals surface area contributed by atoms with Gasteiger partial charge in [-0.1, -0.05) is 43.6 Å². The van der Waals surface area contributed by atoms with E-state index in [0.717, 1.165) is 33.1 Å². The van der Waals surface area contributed by atoms with E-state index in [1.54, 1.807) is 10.8 Å². The summed E-state index contributed by atoms with van der Waals surface area (Å²) in [5.74, 6) is 0. The lowest BCUT2D eigenvalue weighted by atomic mass is 10.0. The zero-order chi connectivity index (χ0) is 18.0. The molecule has 0 spiro atoms. The average molecular weight is 374 g/mol. The fourth-order valence-electron chi connectivity index (χ4n) is 2.49. The van der Waals surface area contributed by atoms with Crippen LogP contribution in [0.25, 0.3) is 15.8 Å². The van der Waals surface area contributed by atoms with E-state index in [-0.39, 0.29) is 4.87 Å². The molecule has 1 N–H and O–H groups in total. The van der Waals surface area contributed by atoms with Crippen molar-refractivity contribution in [2.75, 3.05) is 6.61 Å². The van der Waals surface area contributed by atoms with E-state index in [0.29, 0.717) is 13.3 Å². The average Bonchev–Trinajstić information content (AvgIpc) is 3.17. The Morgan fingerprint density at radius 2 is 2.16 bits per heavy atom. The molecule has 0 amide bonds. The molecule has 2 heterocycles. The predicted octanol–water partition coefficient (Wildman–Crippen LogP) is 4.16. The Morgan fingerprint density at radius 1 is 1.36 bits per heavy atom. The van der Waals surface area contributed by atoms with Crippen LogP contribution in [0.3, 0.4) is 0 Å². The van der Waals surface area contributed by atoms with E-state index in [4.69, 9.17) is 4.74 Å². The maximum Gasteiger partial charge on any atom is 0.310 e. The number of benzene rings is 1. The highest BCUT2D eigenvalue weighted by Gasteiger charge is 2.14. The summed E-state index contributed by atoms with van der Waals surface area (Å²) in [6.45, 7) is 12.1. The van der Waals surface area contributed by atoms with Crippen molar-refractivity contribution in [1.29, 1.82) is 0 Å². The van der Waals surface area contributed by atoms with Gasteiger partial charge in [-0.2, -0.15) is 5.10 Å². The minimum atomic E-state index is -1.12. The molecule has 0 saturated heterocycles. The summed E-state index contributed by atoms with van der Waals surface area (Å²) in [6, 6.07) is 8.93. The van der Waals surface area contributed by atoms with E-state index < -0.39 is 8.07 Å². The molecule has 0 saturated carbocycles. The molecule has 5 nitrogen and oxygen atoms in total. The number of aromatic amines is 1. The lowest BCUT2D eigenvalue weighted by Crippen LogP contribution is -2.23. The highest BCUT2D eigenvalue weighted by Crippen LogP contribution is 2.25. The fourth-order valence-corrected chi connectivity index (χ4v) is 4.16. The number of nitrogens with zero attached hydrogens (tertiary/aromatic N) is 2. The number of fused-ring (bicyclic) bond motifs is 1. The Balaban J connectivity index is 1.79. The molecule has 0 bridgehead atoms. The van der Waals surface area contributed by atoms with Gasteiger partial charge in [-0.25, -0.2) is 0 Å². The molecule has 3 aromatic rings. The van der Waals surface area contributed by atoms with E-state index >= 15 is 0 Å². The molecular formula is C18H23N3O2SSi. The summed E-state index contributed by atoms with van der Waals surface area (Å²) in [5.41, 5.74) is 3.62. The first-order valence-electron chi connectivity index (χ1n) is 8.25. The number of hydrogen-bond donors (Lipinski definition) is 1. The third kappa shape index (κ3) is 4.17. The molecular weight excluding hydrogens is 350 g/mol. The molecule has 2 aromatic heterocycles. The lowest BCUT2D eigenvalue weighted by molar-refractivity contribution is 0.0888. The van der Waals surface area contributed by atoms with Gasteiger partial charge in [0.2, 0.25) is 0 Å². The minimum Gasteiger partial charge on any atom is -0.361 e. The summed E-state index contributed by atoms with van der Waals surface area (Å²) in [6.07, 6.45) is 1.70. The van der Waals surface area contributed by atoms with Crippen molar-refractivity contribution in [3.63, 3.8) is 0 Å². The maximum absolute atomic E-state index is 12.3. The Labute approximate surface area is 152 Å². The van der Waals surface area contributed by atoms with Gasteiger partial charge in [0.15, 0.2) is 0 Å². The summed E-state index contributed by atoms with van der Waals surface area (Å²) in [4.78, 5) is 12.3. The lowest BCUT2D eigenvalue weighted by Gasteiger charge is -2.15. The molecule has 0 fully saturated rings. The number of thiazole rings is 1. The Bertz CT molecular complexity index is 936. The van der Waals surface area contributed by atoms with Gasteiger partial charge in [-0.15, -0.1) is 0 Å². The highest BCUT2D eigenvalue weighted by molar-refractivity contribution is 7.16. The van der Waals surface area contributed by atoms with Gasteiger partial charge in [-0.05, 0) is 35.4 Å². The van der Waals surface area contributed by atoms with Gasteiger partial charge in [0.1, 0.15) is 6.73 Å². The van der Waals surface area contributed by atoms with Crippen LogP contribution in [-0.2, 0) is 11.5 Å². The first-order valence-corrected chi connectivity index (χ1v) is 12.8. The number of H-pyrrole nitrogens is 1. The zero-order valence-corrected chi connectivity index (χ0v) is 16.7. The molecule has 0 aliphatic heterocycles. The van der Waals surface area contributed by atoms with Crippen molar-refractivity contribution in [2.24, 2.45) is 0 Å². The first-order chi connectivity index (χ1) is 11.8. The number of hydrogen-bond acceptors (Lipinski definition) is 4. The van der Waals surface area contributed by atoms with Crippen LogP contribution in [0.2, 0.25) is 25.7 Å². The van der Waals surface area contributed by atoms with E-state index in [1.165, 1.54) is 11.3 Å². The normalized spacial score (nSPS) is 12.0. The van der Waals surface area contributed by atoms with Gasteiger partial charge < -0.3 is 4.74 Å². The quantitative estimate of drug-likeness (QED) is 0.500. The van der Waals surface area contributed by atoms with Gasteiger partial charge in [-0.3, -0.25) is 14.5 Å². The molecule has 0 atom stereocenters. The minimum absolute atomic E-state index is 0.00676. The number of ether oxygens (including phenoxy) is 1. The molecule has 0 aliphatic carbocycles. The predicted molar refractivity (Wildman–Crippen MR) is 107 cm³/mol. The standard InChI is InChI=1S/C18H23N3O2SSi/c1-13(15-7-8-19-20-15)14-5-6-16-17(11-14)24-18(22)21(16)12-23-9-10-25(2,3)4/h5-8,11H,1,9-10,12H2,2-4H3,(H,19,20). The van der Waals surface area contributed by atoms with Gasteiger partial charge >= 0.3 is 4.87 Å². The second-order valence-electron chi connectivity index (χ2n) is 7.28. The molecule has 3 rings (SSSR count). The van der Waals surface area contributed by atoms with Crippen LogP contribution >= 0.6 is 11.3 Å². The van der Waals surface area contributed by atoms with Crippen molar-refractivity contribution in [2.45, 2.75) is 32.4 Å². The van der Waals surface area contributed by atoms with E-state index in [2.05, 4.69) is 36.4 Å². The Morgan fingerprint density at radius 3 is 2.84 bits per heavy atom. The smallest absolute Gasteiger partial charge is 0.310 e. The summed E-state index contributed by atoms with van der Waals surface area (Å²) in [7, 11) is -1.12. The van der Waals surface area contributed by atoms with Crippen LogP contribution in [0.1, 0.15) is 11.3 Å². The van der Waals surface area contributed by atoms with Crippen LogP contribution in [0, 0.1) is 0 Å². The third-order valence-corrected chi connectivity index (χ3v) is 6.71. The van der Waals surface area contributed by atoms with Crippen LogP contribution in [0.15, 0.2) is 41.8 Å². The van der Waals surface area contributed by atoms with Gasteiger partial charge in [0, 0.05) is 20.9 Å². The van der Waals surface area contributed by atoms with Crippen molar-refractivity contribution in [1.82, 2.24) is 14.8 Å². The molecule has 0 aliphatic rings. The third-order valence-electron chi connectivity index (χ3n) is 4.06. The van der Waals surface area contributed by atoms with Crippen molar-refractivity contribution < 1.29 is 4.74 Å². The monoisotopic (exact) mass is 373 g/mol. The Kier molecular flexibility index (Phi) is 5.08. The second-order valence-corrected chi connectivity index (χ2v) is 13.9. The highest BCUT2D eigenvalue weighted by atomic mass is 32.1. The molecule has 7 heteroatoms. The van der Waals surface area contributed by atoms with E-state index in [1.807, 2.05) is 24.3 Å². The molecule has 132 valence electrons. The van der Waals surface area contributed by atoms with Crippen molar-refractivity contribution in [3.8, 4) is 0 Å². The summed E-state index contributed by atoms with van der Waals surface area (Å²) < 4.78 is 8.40. The first kappa shape index (κ1) is 17.8. The van der Waals surface area contributed by atoms with Crippen LogP contribution in [0.5, 0.6) is 0 Å². The summed E-state index contributed by atoms with van der Waals surface area (Å²) in [5, 5.41) is 6.87. The number of rotatable bonds is 7. The van der Waals surface area contributed by atoms with Crippen molar-refractivity contribution in [3.05, 3.63) is 58.0 Å². The van der Waals surface area contributed by atoms with Crippen molar-refractivity contribution >= 4 is 35.2 Å². The maximum atomic E-state index is 12.3. The number of nitrogens with one attached hydrogen (secondary N) is 1. The van der Waals surface area contributed by atoms with E-state index in [9.17, 15) is 4.79 Å². The van der Waals surface area contributed by atoms with Gasteiger partial charge in [0.25, 0.3) is 0 Å². The SMILES string of the molecule is C=C(c1ccc2c(c1)sc(=O)n2COCC[Si](C)(C)C)c1ccn[nH]1. The Hall–Kier alpha value is -1.96. The second kappa shape index (κ2) is 7.11. The molecule has 1 aromatic carbocycles. The van der Waals surface area contributed by atoms with Gasteiger partial charge in [0.05, 0.1) is 15.9 Å². The summed E-state index contributed by atoms with van der Waals surface area (Å²) >= 11 is 1.24. The molecule has 0 radical (unpaired) electrons. The number of aromatic nitrogens is 3. The molecule has 0 unspecified atom stereocenters. The van der Waals surface area contributed by atoms with Crippen LogP contribution < -0.4 is 4.87 Å². The zero-order valence-electron chi connectivity index (χ0n) is 14.8. The van der Waals surface area contributed by atoms with Crippen LogP contribution in [0.4, 0.5) is 0 Å². The fraction of sp³-hybridized carbons (Fsp3) is 0.333. The largest absolute Gasteiger partial charge is 0.361 e. The molecule has 25 heavy (non-hydrogen) atoms.